The average Bonchev–Trinajstić information content (AvgIpc) is 2.28. The molecule has 0 radical (unpaired) electrons. The summed E-state index contributed by atoms with van der Waals surface area (Å²) in [6, 6.07) is 2.75. The van der Waals surface area contributed by atoms with Gasteiger partial charge in [-0.05, 0) is 24.5 Å². The molecular formula is C12H17Cl2NO3S. The summed E-state index contributed by atoms with van der Waals surface area (Å²) in [5.41, 5.74) is 0.218. The number of hydrogen-bond donors (Lipinski definition) is 2. The number of halogens is 2. The highest BCUT2D eigenvalue weighted by Crippen LogP contribution is 2.30. The van der Waals surface area contributed by atoms with E-state index in [9.17, 15) is 8.42 Å². The predicted octanol–water partition coefficient (Wildman–Crippen LogP) is 2.81. The Labute approximate surface area is 123 Å². The van der Waals surface area contributed by atoms with Crippen LogP contribution in [0.2, 0.25) is 10.0 Å². The van der Waals surface area contributed by atoms with Crippen LogP contribution in [0.15, 0.2) is 17.0 Å². The minimum absolute atomic E-state index is 0.0351. The molecule has 108 valence electrons. The molecule has 0 saturated carbocycles. The second-order valence-electron chi connectivity index (χ2n) is 4.58. The Kier molecular flexibility index (Phi) is 6.08. The molecule has 4 nitrogen and oxygen atoms in total. The SMILES string of the molecule is CC(C)CCNS(=O)(=O)c1ccc(Cl)c(CO)c1Cl. The van der Waals surface area contributed by atoms with Crippen LogP contribution in [0.4, 0.5) is 0 Å². The van der Waals surface area contributed by atoms with E-state index in [1.165, 1.54) is 12.1 Å². The van der Waals surface area contributed by atoms with Gasteiger partial charge in [0, 0.05) is 17.1 Å². The molecule has 1 rings (SSSR count). The lowest BCUT2D eigenvalue weighted by Crippen LogP contribution is -2.26. The molecule has 0 fully saturated rings. The first kappa shape index (κ1) is 16.7. The van der Waals surface area contributed by atoms with E-state index < -0.39 is 16.6 Å². The van der Waals surface area contributed by atoms with Gasteiger partial charge in [-0.15, -0.1) is 0 Å². The molecule has 1 aromatic rings. The van der Waals surface area contributed by atoms with Crippen molar-refractivity contribution in [2.45, 2.75) is 31.8 Å². The van der Waals surface area contributed by atoms with Gasteiger partial charge in [-0.2, -0.15) is 0 Å². The zero-order valence-corrected chi connectivity index (χ0v) is 13.1. The number of nitrogens with one attached hydrogen (secondary N) is 1. The molecule has 0 aliphatic rings. The summed E-state index contributed by atoms with van der Waals surface area (Å²) >= 11 is 11.8. The van der Waals surface area contributed by atoms with Crippen LogP contribution in [0.5, 0.6) is 0 Å². The van der Waals surface area contributed by atoms with E-state index in [0.29, 0.717) is 12.5 Å². The maximum atomic E-state index is 12.1. The number of hydrogen-bond acceptors (Lipinski definition) is 3. The summed E-state index contributed by atoms with van der Waals surface area (Å²) in [6.07, 6.45) is 0.733. The van der Waals surface area contributed by atoms with Gasteiger partial charge in [-0.1, -0.05) is 37.0 Å². The first-order valence-corrected chi connectivity index (χ1v) is 8.11. The summed E-state index contributed by atoms with van der Waals surface area (Å²) in [5, 5.41) is 9.36. The highest BCUT2D eigenvalue weighted by atomic mass is 35.5. The number of benzene rings is 1. The van der Waals surface area contributed by atoms with Gasteiger partial charge < -0.3 is 5.11 Å². The molecular weight excluding hydrogens is 309 g/mol. The van der Waals surface area contributed by atoms with Crippen LogP contribution in [0.25, 0.3) is 0 Å². The molecule has 0 aliphatic heterocycles. The molecule has 0 unspecified atom stereocenters. The molecule has 1 aromatic carbocycles. The number of aliphatic hydroxyl groups is 1. The highest BCUT2D eigenvalue weighted by Gasteiger charge is 2.21. The van der Waals surface area contributed by atoms with Crippen LogP contribution >= 0.6 is 23.2 Å². The van der Waals surface area contributed by atoms with Crippen molar-refractivity contribution in [1.82, 2.24) is 4.72 Å². The molecule has 0 saturated heterocycles. The molecule has 0 aromatic heterocycles. The average molecular weight is 326 g/mol. The third-order valence-corrected chi connectivity index (χ3v) is 5.01. The van der Waals surface area contributed by atoms with Gasteiger partial charge in [0.05, 0.1) is 11.6 Å². The minimum Gasteiger partial charge on any atom is -0.392 e. The van der Waals surface area contributed by atoms with Crippen LogP contribution < -0.4 is 4.72 Å². The Bertz CT molecular complexity index is 544. The normalized spacial score (nSPS) is 12.1. The van der Waals surface area contributed by atoms with Crippen molar-refractivity contribution in [2.24, 2.45) is 5.92 Å². The van der Waals surface area contributed by atoms with Gasteiger partial charge in [0.1, 0.15) is 4.90 Å². The Balaban J connectivity index is 3.02. The van der Waals surface area contributed by atoms with Crippen molar-refractivity contribution in [3.63, 3.8) is 0 Å². The van der Waals surface area contributed by atoms with Crippen molar-refractivity contribution in [1.29, 1.82) is 0 Å². The van der Waals surface area contributed by atoms with E-state index in [1.54, 1.807) is 0 Å². The Hall–Kier alpha value is -0.330. The Morgan fingerprint density at radius 1 is 1.32 bits per heavy atom. The van der Waals surface area contributed by atoms with Gasteiger partial charge in [0.25, 0.3) is 0 Å². The highest BCUT2D eigenvalue weighted by molar-refractivity contribution is 7.89. The van der Waals surface area contributed by atoms with Gasteiger partial charge in [-0.3, -0.25) is 0 Å². The van der Waals surface area contributed by atoms with Crippen LogP contribution in [-0.2, 0) is 16.6 Å². The predicted molar refractivity (Wildman–Crippen MR) is 77.0 cm³/mol. The summed E-state index contributed by atoms with van der Waals surface area (Å²) in [5.74, 6) is 0.399. The van der Waals surface area contributed by atoms with Crippen molar-refractivity contribution in [2.75, 3.05) is 6.54 Å². The fraction of sp³-hybridized carbons (Fsp3) is 0.500. The molecule has 2 N–H and O–H groups in total. The summed E-state index contributed by atoms with van der Waals surface area (Å²) in [4.78, 5) is -0.0635. The third-order valence-electron chi connectivity index (χ3n) is 2.61. The second-order valence-corrected chi connectivity index (χ2v) is 7.10. The first-order chi connectivity index (χ1) is 8.79. The fourth-order valence-corrected chi connectivity index (χ4v) is 3.43. The molecule has 19 heavy (non-hydrogen) atoms. The van der Waals surface area contributed by atoms with Crippen LogP contribution in [0.3, 0.4) is 0 Å². The zero-order chi connectivity index (χ0) is 14.6. The van der Waals surface area contributed by atoms with Gasteiger partial charge in [-0.25, -0.2) is 13.1 Å². The van der Waals surface area contributed by atoms with Crippen molar-refractivity contribution >= 4 is 33.2 Å². The van der Waals surface area contributed by atoms with E-state index in [2.05, 4.69) is 4.72 Å². The van der Waals surface area contributed by atoms with E-state index in [0.717, 1.165) is 6.42 Å². The van der Waals surface area contributed by atoms with Crippen molar-refractivity contribution in [3.8, 4) is 0 Å². The lowest BCUT2D eigenvalue weighted by atomic mass is 10.1. The summed E-state index contributed by atoms with van der Waals surface area (Å²) in [7, 11) is -3.69. The maximum Gasteiger partial charge on any atom is 0.242 e. The Morgan fingerprint density at radius 3 is 2.47 bits per heavy atom. The van der Waals surface area contributed by atoms with E-state index in [-0.39, 0.29) is 20.5 Å². The van der Waals surface area contributed by atoms with Crippen molar-refractivity contribution in [3.05, 3.63) is 27.7 Å². The quantitative estimate of drug-likeness (QED) is 0.845. The van der Waals surface area contributed by atoms with Crippen LogP contribution in [-0.4, -0.2) is 20.1 Å². The monoisotopic (exact) mass is 325 g/mol. The molecule has 0 heterocycles. The molecule has 0 bridgehead atoms. The van der Waals surface area contributed by atoms with Gasteiger partial charge in [0.15, 0.2) is 0 Å². The van der Waals surface area contributed by atoms with Gasteiger partial charge >= 0.3 is 0 Å². The van der Waals surface area contributed by atoms with E-state index in [4.69, 9.17) is 28.3 Å². The third kappa shape index (κ3) is 4.33. The smallest absolute Gasteiger partial charge is 0.242 e. The molecule has 0 spiro atoms. The number of rotatable bonds is 6. The topological polar surface area (TPSA) is 66.4 Å². The maximum absolute atomic E-state index is 12.1. The Morgan fingerprint density at radius 2 is 1.95 bits per heavy atom. The van der Waals surface area contributed by atoms with E-state index >= 15 is 0 Å². The number of sulfonamides is 1. The summed E-state index contributed by atoms with van der Waals surface area (Å²) in [6.45, 7) is 3.95. The molecule has 0 aliphatic carbocycles. The minimum atomic E-state index is -3.69. The lowest BCUT2D eigenvalue weighted by Gasteiger charge is -2.12. The molecule has 0 amide bonds. The van der Waals surface area contributed by atoms with Crippen LogP contribution in [0, 0.1) is 5.92 Å². The van der Waals surface area contributed by atoms with E-state index in [1.807, 2.05) is 13.8 Å². The largest absolute Gasteiger partial charge is 0.392 e. The molecule has 7 heteroatoms. The summed E-state index contributed by atoms with van der Waals surface area (Å²) < 4.78 is 26.7. The number of aliphatic hydroxyl groups excluding tert-OH is 1. The lowest BCUT2D eigenvalue weighted by molar-refractivity contribution is 0.281. The van der Waals surface area contributed by atoms with Crippen LogP contribution in [0.1, 0.15) is 25.8 Å². The second kappa shape index (κ2) is 6.90. The zero-order valence-electron chi connectivity index (χ0n) is 10.8. The van der Waals surface area contributed by atoms with Gasteiger partial charge in [0.2, 0.25) is 10.0 Å². The standard InChI is InChI=1S/C12H17Cl2NO3S/c1-8(2)5-6-15-19(17,18)11-4-3-10(13)9(7-16)12(11)14/h3-4,8,15-16H,5-7H2,1-2H3. The van der Waals surface area contributed by atoms with Crippen molar-refractivity contribution < 1.29 is 13.5 Å². The fourth-order valence-electron chi connectivity index (χ4n) is 1.49. The first-order valence-electron chi connectivity index (χ1n) is 5.87. The molecule has 0 atom stereocenters.